The van der Waals surface area contributed by atoms with Gasteiger partial charge in [0.05, 0.1) is 24.5 Å². The first-order valence-corrected chi connectivity index (χ1v) is 13.7. The minimum atomic E-state index is -4.40. The smallest absolute Gasteiger partial charge is 0.416 e. The number of carbonyl (C=O) groups is 2. The molecular weight excluding hydrogens is 527 g/mol. The molecule has 3 aliphatic heterocycles. The summed E-state index contributed by atoms with van der Waals surface area (Å²) >= 11 is 0. The first-order valence-electron chi connectivity index (χ1n) is 13.7. The number of hydrogen-bond acceptors (Lipinski definition) is 5. The normalized spacial score (nSPS) is 22.7. The second-order valence-corrected chi connectivity index (χ2v) is 11.9. The first-order chi connectivity index (χ1) is 18.9. The number of alkyl halides is 3. The van der Waals surface area contributed by atoms with Crippen LogP contribution in [0.25, 0.3) is 0 Å². The summed E-state index contributed by atoms with van der Waals surface area (Å²) < 4.78 is 50.3. The maximum atomic E-state index is 13.4. The van der Waals surface area contributed by atoms with E-state index in [0.717, 1.165) is 29.1 Å². The fraction of sp³-hybridized carbons (Fsp3) is 0.607. The third-order valence-corrected chi connectivity index (χ3v) is 7.72. The minimum absolute atomic E-state index is 0.0747. The highest BCUT2D eigenvalue weighted by atomic mass is 19.4. The molecule has 2 unspecified atom stereocenters. The molecule has 5 rings (SSSR count). The van der Waals surface area contributed by atoms with E-state index in [1.165, 1.54) is 12.1 Å². The van der Waals surface area contributed by atoms with E-state index >= 15 is 0 Å². The van der Waals surface area contributed by atoms with E-state index in [2.05, 4.69) is 10.2 Å². The van der Waals surface area contributed by atoms with Crippen LogP contribution in [0.1, 0.15) is 67.5 Å². The number of aromatic amines is 1. The average Bonchev–Trinajstić information content (AvgIpc) is 3.36. The van der Waals surface area contributed by atoms with Gasteiger partial charge in [-0.2, -0.15) is 18.3 Å². The predicted octanol–water partition coefficient (Wildman–Crippen LogP) is 4.79. The number of carbonyl (C=O) groups excluding carboxylic acids is 2. The number of nitrogens with zero attached hydrogens (tertiary/aromatic N) is 4. The lowest BCUT2D eigenvalue weighted by Gasteiger charge is -2.41. The van der Waals surface area contributed by atoms with Crippen molar-refractivity contribution in [3.63, 3.8) is 0 Å². The number of rotatable bonds is 3. The average molecular weight is 564 g/mol. The summed E-state index contributed by atoms with van der Waals surface area (Å²) in [6.07, 6.45) is -4.09. The van der Waals surface area contributed by atoms with Gasteiger partial charge < -0.3 is 24.2 Å². The van der Waals surface area contributed by atoms with Gasteiger partial charge in [0.25, 0.3) is 0 Å². The summed E-state index contributed by atoms with van der Waals surface area (Å²) in [7, 11) is 0. The van der Waals surface area contributed by atoms with E-state index in [4.69, 9.17) is 9.47 Å². The number of aromatic nitrogens is 2. The van der Waals surface area contributed by atoms with Crippen LogP contribution in [-0.2, 0) is 15.7 Å². The summed E-state index contributed by atoms with van der Waals surface area (Å²) in [5.74, 6) is -0.128. The SMILES string of the molecule is CC(C)(C)OC(=O)N1CC(c2cc(C3CC(c4ccc(C(F)(F)F)cc4)CN(C(=O)N4CCOCC4)C3)[nH]n2)C1. The van der Waals surface area contributed by atoms with Crippen molar-refractivity contribution < 1.29 is 32.2 Å². The van der Waals surface area contributed by atoms with Gasteiger partial charge in [-0.1, -0.05) is 12.1 Å². The molecule has 0 bridgehead atoms. The Morgan fingerprint density at radius 1 is 0.925 bits per heavy atom. The number of halogens is 3. The van der Waals surface area contributed by atoms with E-state index in [9.17, 15) is 22.8 Å². The number of morpholine rings is 1. The zero-order chi connectivity index (χ0) is 28.7. The maximum Gasteiger partial charge on any atom is 0.416 e. The lowest BCUT2D eigenvalue weighted by molar-refractivity contribution is -0.137. The van der Waals surface area contributed by atoms with Gasteiger partial charge in [0.1, 0.15) is 5.60 Å². The third kappa shape index (κ3) is 6.37. The Balaban J connectivity index is 1.31. The monoisotopic (exact) mass is 563 g/mol. The number of benzene rings is 1. The first kappa shape index (κ1) is 28.3. The van der Waals surface area contributed by atoms with Crippen LogP contribution in [0.3, 0.4) is 0 Å². The van der Waals surface area contributed by atoms with Crippen molar-refractivity contribution >= 4 is 12.1 Å². The van der Waals surface area contributed by atoms with Gasteiger partial charge in [-0.3, -0.25) is 5.10 Å². The molecule has 0 aliphatic carbocycles. The lowest BCUT2D eigenvalue weighted by atomic mass is 9.82. The van der Waals surface area contributed by atoms with E-state index in [1.807, 2.05) is 26.8 Å². The van der Waals surface area contributed by atoms with Crippen LogP contribution in [-0.4, -0.2) is 95.1 Å². The van der Waals surface area contributed by atoms with Crippen LogP contribution in [0.5, 0.6) is 0 Å². The van der Waals surface area contributed by atoms with E-state index in [-0.39, 0.29) is 29.9 Å². The molecule has 0 radical (unpaired) electrons. The van der Waals surface area contributed by atoms with Crippen molar-refractivity contribution in [1.29, 1.82) is 0 Å². The molecule has 3 aliphatic rings. The highest BCUT2D eigenvalue weighted by Crippen LogP contribution is 2.38. The number of urea groups is 1. The molecule has 3 saturated heterocycles. The quantitative estimate of drug-likeness (QED) is 0.580. The van der Waals surface area contributed by atoms with Crippen LogP contribution in [0.15, 0.2) is 30.3 Å². The molecule has 4 heterocycles. The van der Waals surface area contributed by atoms with Gasteiger partial charge in [-0.25, -0.2) is 9.59 Å². The Hall–Kier alpha value is -3.28. The fourth-order valence-electron chi connectivity index (χ4n) is 5.53. The molecule has 1 aromatic carbocycles. The number of ether oxygens (including phenoxy) is 2. The lowest BCUT2D eigenvalue weighted by Crippen LogP contribution is -2.52. The molecule has 3 fully saturated rings. The molecule has 40 heavy (non-hydrogen) atoms. The van der Waals surface area contributed by atoms with Gasteiger partial charge in [-0.15, -0.1) is 0 Å². The van der Waals surface area contributed by atoms with Gasteiger partial charge in [0.15, 0.2) is 0 Å². The fourth-order valence-corrected chi connectivity index (χ4v) is 5.53. The van der Waals surface area contributed by atoms with Crippen LogP contribution < -0.4 is 0 Å². The number of hydrogen-bond donors (Lipinski definition) is 1. The topological polar surface area (TPSA) is 91.0 Å². The molecule has 2 atom stereocenters. The van der Waals surface area contributed by atoms with Crippen molar-refractivity contribution in [1.82, 2.24) is 24.9 Å². The molecule has 218 valence electrons. The second kappa shape index (κ2) is 10.9. The van der Waals surface area contributed by atoms with Crippen molar-refractivity contribution in [2.45, 2.75) is 56.7 Å². The van der Waals surface area contributed by atoms with Crippen molar-refractivity contribution in [3.05, 3.63) is 52.8 Å². The van der Waals surface area contributed by atoms with Crippen molar-refractivity contribution in [3.8, 4) is 0 Å². The van der Waals surface area contributed by atoms with Gasteiger partial charge in [0.2, 0.25) is 0 Å². The van der Waals surface area contributed by atoms with Crippen LogP contribution >= 0.6 is 0 Å². The second-order valence-electron chi connectivity index (χ2n) is 11.9. The highest BCUT2D eigenvalue weighted by molar-refractivity contribution is 5.75. The molecule has 0 spiro atoms. The third-order valence-electron chi connectivity index (χ3n) is 7.72. The molecule has 12 heteroatoms. The van der Waals surface area contributed by atoms with Crippen molar-refractivity contribution in [2.75, 3.05) is 52.5 Å². The summed E-state index contributed by atoms with van der Waals surface area (Å²) in [5.41, 5.74) is 1.24. The number of piperidine rings is 1. The van der Waals surface area contributed by atoms with E-state index in [0.29, 0.717) is 58.9 Å². The number of likely N-dealkylation sites (tertiary alicyclic amines) is 2. The van der Waals surface area contributed by atoms with Gasteiger partial charge >= 0.3 is 18.3 Å². The van der Waals surface area contributed by atoms with E-state index < -0.39 is 17.3 Å². The Bertz CT molecular complexity index is 1200. The number of nitrogens with one attached hydrogen (secondary N) is 1. The van der Waals surface area contributed by atoms with Crippen LogP contribution in [0.2, 0.25) is 0 Å². The van der Waals surface area contributed by atoms with Crippen LogP contribution in [0, 0.1) is 0 Å². The largest absolute Gasteiger partial charge is 0.444 e. The van der Waals surface area contributed by atoms with Crippen molar-refractivity contribution in [2.24, 2.45) is 0 Å². The minimum Gasteiger partial charge on any atom is -0.444 e. The predicted molar refractivity (Wildman–Crippen MR) is 140 cm³/mol. The molecule has 1 aromatic heterocycles. The van der Waals surface area contributed by atoms with Gasteiger partial charge in [0, 0.05) is 62.7 Å². The van der Waals surface area contributed by atoms with E-state index in [1.54, 1.807) is 14.7 Å². The Morgan fingerprint density at radius 2 is 1.55 bits per heavy atom. The highest BCUT2D eigenvalue weighted by Gasteiger charge is 2.38. The molecule has 1 N–H and O–H groups in total. The number of H-pyrrole nitrogens is 1. The zero-order valence-corrected chi connectivity index (χ0v) is 23.0. The summed E-state index contributed by atoms with van der Waals surface area (Å²) in [5, 5.41) is 7.66. The summed E-state index contributed by atoms with van der Waals surface area (Å²) in [6.45, 7) is 9.40. The zero-order valence-electron chi connectivity index (χ0n) is 23.0. The standard InChI is InChI=1S/C28H36F3N5O4/c1-27(2,3)40-26(38)36-16-21(17-36)24-13-23(32-33-24)20-12-19(18-4-6-22(7-5-18)28(29,30)31)14-35(15-20)25(37)34-8-10-39-11-9-34/h4-7,13,19-21H,8-12,14-17H2,1-3H3,(H,32,33). The molecule has 9 nitrogen and oxygen atoms in total. The Kier molecular flexibility index (Phi) is 7.73. The molecular formula is C28H36F3N5O4. The summed E-state index contributed by atoms with van der Waals surface area (Å²) in [4.78, 5) is 31.0. The van der Waals surface area contributed by atoms with Gasteiger partial charge in [-0.05, 0) is 51.0 Å². The maximum absolute atomic E-state index is 13.4. The summed E-state index contributed by atoms with van der Waals surface area (Å²) in [6, 6.07) is 7.16. The Labute approximate surface area is 231 Å². The molecule has 0 saturated carbocycles. The number of amides is 3. The molecule has 3 amide bonds. The van der Waals surface area contributed by atoms with Crippen LogP contribution in [0.4, 0.5) is 22.8 Å². The molecule has 2 aromatic rings. The Morgan fingerprint density at radius 3 is 2.17 bits per heavy atom.